The Labute approximate surface area is 112 Å². The number of nitrogens with zero attached hydrogens (tertiary/aromatic N) is 1. The summed E-state index contributed by atoms with van der Waals surface area (Å²) >= 11 is 1.68. The predicted octanol–water partition coefficient (Wildman–Crippen LogP) is 3.08. The van der Waals surface area contributed by atoms with Crippen molar-refractivity contribution in [2.45, 2.75) is 26.3 Å². The van der Waals surface area contributed by atoms with Crippen LogP contribution in [0, 0.1) is 5.92 Å². The fraction of sp³-hybridized carbons (Fsp3) is 0.500. The van der Waals surface area contributed by atoms with E-state index in [0.717, 1.165) is 17.3 Å². The molecule has 1 aliphatic heterocycles. The highest BCUT2D eigenvalue weighted by atomic mass is 32.1. The molecule has 1 atom stereocenters. The number of hydrogen-bond donors (Lipinski definition) is 1. The molecule has 1 aliphatic rings. The molecular formula is C14H19NO2S. The maximum absolute atomic E-state index is 10.4. The zero-order valence-electron chi connectivity index (χ0n) is 10.6. The molecule has 0 amide bonds. The van der Waals surface area contributed by atoms with Gasteiger partial charge < -0.3 is 5.11 Å². The van der Waals surface area contributed by atoms with E-state index in [1.807, 2.05) is 6.07 Å². The standard InChI is InChI=1S/C14H19NO2S/c1-11-3-2-8-15(9-11)10-13-5-4-12(18-13)6-7-14(16)17/h4-7,11H,2-3,8-10H2,1H3,(H,16,17)/b7-6+. The van der Waals surface area contributed by atoms with Crippen molar-refractivity contribution in [1.82, 2.24) is 4.90 Å². The van der Waals surface area contributed by atoms with Crippen molar-refractivity contribution in [2.24, 2.45) is 5.92 Å². The molecule has 2 heterocycles. The first kappa shape index (κ1) is 13.3. The molecule has 0 radical (unpaired) electrons. The van der Waals surface area contributed by atoms with Crippen molar-refractivity contribution >= 4 is 23.4 Å². The van der Waals surface area contributed by atoms with E-state index in [2.05, 4.69) is 17.9 Å². The molecule has 1 aromatic heterocycles. The summed E-state index contributed by atoms with van der Waals surface area (Å²) in [6.45, 7) is 5.66. The van der Waals surface area contributed by atoms with E-state index in [1.165, 1.54) is 36.9 Å². The summed E-state index contributed by atoms with van der Waals surface area (Å²) in [5, 5.41) is 8.58. The summed E-state index contributed by atoms with van der Waals surface area (Å²) in [6.07, 6.45) is 5.49. The van der Waals surface area contributed by atoms with Crippen LogP contribution in [0.2, 0.25) is 0 Å². The Kier molecular flexibility index (Phi) is 4.55. The fourth-order valence-electron chi connectivity index (χ4n) is 2.37. The summed E-state index contributed by atoms with van der Waals surface area (Å²) < 4.78 is 0. The van der Waals surface area contributed by atoms with Crippen molar-refractivity contribution in [3.8, 4) is 0 Å². The van der Waals surface area contributed by atoms with Crippen LogP contribution in [0.3, 0.4) is 0 Å². The fourth-order valence-corrected chi connectivity index (χ4v) is 3.33. The second kappa shape index (κ2) is 6.16. The van der Waals surface area contributed by atoms with E-state index in [-0.39, 0.29) is 0 Å². The number of carboxylic acid groups (broad SMARTS) is 1. The van der Waals surface area contributed by atoms with Crippen molar-refractivity contribution in [2.75, 3.05) is 13.1 Å². The lowest BCUT2D eigenvalue weighted by molar-refractivity contribution is -0.131. The van der Waals surface area contributed by atoms with Crippen molar-refractivity contribution in [3.63, 3.8) is 0 Å². The first-order valence-electron chi connectivity index (χ1n) is 6.35. The molecule has 0 aliphatic carbocycles. The second-order valence-electron chi connectivity index (χ2n) is 4.96. The lowest BCUT2D eigenvalue weighted by Gasteiger charge is -2.30. The van der Waals surface area contributed by atoms with Crippen LogP contribution in [-0.2, 0) is 11.3 Å². The number of thiophene rings is 1. The minimum atomic E-state index is -0.894. The lowest BCUT2D eigenvalue weighted by atomic mass is 10.0. The lowest BCUT2D eigenvalue weighted by Crippen LogP contribution is -2.33. The van der Waals surface area contributed by atoms with Crippen LogP contribution in [0.4, 0.5) is 0 Å². The van der Waals surface area contributed by atoms with Gasteiger partial charge in [0.1, 0.15) is 0 Å². The van der Waals surface area contributed by atoms with Gasteiger partial charge in [0.05, 0.1) is 0 Å². The molecule has 18 heavy (non-hydrogen) atoms. The molecule has 1 fully saturated rings. The molecule has 0 bridgehead atoms. The Morgan fingerprint density at radius 3 is 3.17 bits per heavy atom. The van der Waals surface area contributed by atoms with Gasteiger partial charge in [-0.3, -0.25) is 4.90 Å². The molecule has 2 rings (SSSR count). The van der Waals surface area contributed by atoms with Crippen LogP contribution in [0.5, 0.6) is 0 Å². The molecule has 1 saturated heterocycles. The van der Waals surface area contributed by atoms with Crippen molar-refractivity contribution in [1.29, 1.82) is 0 Å². The summed E-state index contributed by atoms with van der Waals surface area (Å²) in [5.74, 6) is -0.0973. The number of rotatable bonds is 4. The predicted molar refractivity (Wildman–Crippen MR) is 74.7 cm³/mol. The molecular weight excluding hydrogens is 246 g/mol. The summed E-state index contributed by atoms with van der Waals surface area (Å²) in [5.41, 5.74) is 0. The van der Waals surface area contributed by atoms with Gasteiger partial charge in [0, 0.05) is 28.9 Å². The molecule has 0 aromatic carbocycles. The average molecular weight is 265 g/mol. The van der Waals surface area contributed by atoms with Crippen LogP contribution in [-0.4, -0.2) is 29.1 Å². The van der Waals surface area contributed by atoms with Gasteiger partial charge in [-0.2, -0.15) is 0 Å². The third-order valence-corrected chi connectivity index (χ3v) is 4.23. The molecule has 0 spiro atoms. The van der Waals surface area contributed by atoms with Crippen LogP contribution >= 0.6 is 11.3 Å². The van der Waals surface area contributed by atoms with Crippen LogP contribution in [0.15, 0.2) is 18.2 Å². The summed E-state index contributed by atoms with van der Waals surface area (Å²) in [6, 6.07) is 4.10. The summed E-state index contributed by atoms with van der Waals surface area (Å²) in [4.78, 5) is 15.3. The number of hydrogen-bond acceptors (Lipinski definition) is 3. The number of piperidine rings is 1. The zero-order chi connectivity index (χ0) is 13.0. The van der Waals surface area contributed by atoms with E-state index >= 15 is 0 Å². The van der Waals surface area contributed by atoms with Gasteiger partial charge in [0.25, 0.3) is 0 Å². The molecule has 4 heteroatoms. The Hall–Kier alpha value is -1.13. The SMILES string of the molecule is CC1CCCN(Cc2ccc(/C=C/C(=O)O)s2)C1. The van der Waals surface area contributed by atoms with Crippen LogP contribution < -0.4 is 0 Å². The molecule has 1 N–H and O–H groups in total. The minimum Gasteiger partial charge on any atom is -0.478 e. The van der Waals surface area contributed by atoms with Gasteiger partial charge in [-0.15, -0.1) is 11.3 Å². The normalized spacial score (nSPS) is 21.5. The van der Waals surface area contributed by atoms with Gasteiger partial charge in [0.15, 0.2) is 0 Å². The third-order valence-electron chi connectivity index (χ3n) is 3.19. The topological polar surface area (TPSA) is 40.5 Å². The molecule has 98 valence electrons. The average Bonchev–Trinajstić information content (AvgIpc) is 2.74. The largest absolute Gasteiger partial charge is 0.478 e. The highest BCUT2D eigenvalue weighted by Crippen LogP contribution is 2.23. The Bertz CT molecular complexity index is 439. The van der Waals surface area contributed by atoms with Crippen LogP contribution in [0.25, 0.3) is 6.08 Å². The number of likely N-dealkylation sites (tertiary alicyclic amines) is 1. The molecule has 1 unspecified atom stereocenters. The smallest absolute Gasteiger partial charge is 0.328 e. The number of carbonyl (C=O) groups is 1. The maximum Gasteiger partial charge on any atom is 0.328 e. The first-order chi connectivity index (χ1) is 8.63. The first-order valence-corrected chi connectivity index (χ1v) is 7.17. The molecule has 0 saturated carbocycles. The Morgan fingerprint density at radius 2 is 2.44 bits per heavy atom. The van der Waals surface area contributed by atoms with E-state index in [0.29, 0.717) is 0 Å². The van der Waals surface area contributed by atoms with Gasteiger partial charge in [-0.05, 0) is 43.5 Å². The monoisotopic (exact) mass is 265 g/mol. The zero-order valence-corrected chi connectivity index (χ0v) is 11.4. The quantitative estimate of drug-likeness (QED) is 0.851. The van der Waals surface area contributed by atoms with Gasteiger partial charge in [0.2, 0.25) is 0 Å². The second-order valence-corrected chi connectivity index (χ2v) is 6.16. The number of carboxylic acids is 1. The van der Waals surface area contributed by atoms with Gasteiger partial charge in [-0.1, -0.05) is 6.92 Å². The van der Waals surface area contributed by atoms with Crippen molar-refractivity contribution in [3.05, 3.63) is 28.0 Å². The number of aliphatic carboxylic acids is 1. The Morgan fingerprint density at radius 1 is 1.61 bits per heavy atom. The van der Waals surface area contributed by atoms with Gasteiger partial charge >= 0.3 is 5.97 Å². The minimum absolute atomic E-state index is 0.796. The van der Waals surface area contributed by atoms with Gasteiger partial charge in [-0.25, -0.2) is 4.79 Å². The molecule has 1 aromatic rings. The van der Waals surface area contributed by atoms with E-state index in [9.17, 15) is 4.79 Å². The molecule has 3 nitrogen and oxygen atoms in total. The van der Waals surface area contributed by atoms with E-state index < -0.39 is 5.97 Å². The Balaban J connectivity index is 1.91. The van der Waals surface area contributed by atoms with Crippen LogP contribution in [0.1, 0.15) is 29.5 Å². The summed E-state index contributed by atoms with van der Waals surface area (Å²) in [7, 11) is 0. The van der Waals surface area contributed by atoms with E-state index in [4.69, 9.17) is 5.11 Å². The highest BCUT2D eigenvalue weighted by Gasteiger charge is 2.16. The third kappa shape index (κ3) is 3.96. The van der Waals surface area contributed by atoms with Crippen molar-refractivity contribution < 1.29 is 9.90 Å². The maximum atomic E-state index is 10.4. The van der Waals surface area contributed by atoms with E-state index in [1.54, 1.807) is 17.4 Å². The highest BCUT2D eigenvalue weighted by molar-refractivity contribution is 7.12.